The number of amides is 1. The van der Waals surface area contributed by atoms with Crippen molar-refractivity contribution in [1.82, 2.24) is 4.90 Å². The molecule has 1 N–H and O–H groups in total. The average Bonchev–Trinajstić information content (AvgIpc) is 3.20. The Hall–Kier alpha value is -3.32. The molecule has 0 radical (unpaired) electrons. The third-order valence-electron chi connectivity index (χ3n) is 5.66. The monoisotopic (exact) mass is 461 g/mol. The number of aliphatic imine (C=N–C) groups is 1. The van der Waals surface area contributed by atoms with E-state index in [-0.39, 0.29) is 12.3 Å². The number of fused-ring (bicyclic) bond motifs is 1. The Morgan fingerprint density at radius 3 is 2.55 bits per heavy atom. The maximum atomic E-state index is 12.9. The number of methoxy groups -OCH3 is 1. The molecule has 0 aromatic heterocycles. The molecule has 0 saturated carbocycles. The van der Waals surface area contributed by atoms with Crippen LogP contribution in [0, 0.1) is 13.8 Å². The SMILES string of the molecule is CCC1=C(C(=O)OC)[C@H](c2cccc(C)c2)N2C(CC(=O)Nc3ccc(C)cc3)=CSC2=N1. The van der Waals surface area contributed by atoms with Gasteiger partial charge in [0.2, 0.25) is 5.91 Å². The fourth-order valence-electron chi connectivity index (χ4n) is 4.07. The molecule has 0 spiro atoms. The molecule has 6 nitrogen and oxygen atoms in total. The highest BCUT2D eigenvalue weighted by Crippen LogP contribution is 2.45. The van der Waals surface area contributed by atoms with Crippen LogP contribution in [0.4, 0.5) is 5.69 Å². The summed E-state index contributed by atoms with van der Waals surface area (Å²) in [6.45, 7) is 6.01. The average molecular weight is 462 g/mol. The largest absolute Gasteiger partial charge is 0.466 e. The van der Waals surface area contributed by atoms with E-state index in [9.17, 15) is 9.59 Å². The number of nitrogens with one attached hydrogen (secondary N) is 1. The number of anilines is 1. The van der Waals surface area contributed by atoms with Crippen molar-refractivity contribution in [3.63, 3.8) is 0 Å². The fourth-order valence-corrected chi connectivity index (χ4v) is 5.01. The molecule has 0 fully saturated rings. The zero-order valence-electron chi connectivity index (χ0n) is 19.2. The van der Waals surface area contributed by atoms with E-state index >= 15 is 0 Å². The number of ether oxygens (including phenoxy) is 1. The lowest BCUT2D eigenvalue weighted by atomic mass is 9.92. The molecular weight excluding hydrogens is 434 g/mol. The van der Waals surface area contributed by atoms with Gasteiger partial charge in [0, 0.05) is 11.4 Å². The van der Waals surface area contributed by atoms with Crippen molar-refractivity contribution in [2.75, 3.05) is 12.4 Å². The van der Waals surface area contributed by atoms with Crippen LogP contribution in [0.3, 0.4) is 0 Å². The maximum absolute atomic E-state index is 12.9. The zero-order valence-corrected chi connectivity index (χ0v) is 20.0. The van der Waals surface area contributed by atoms with Crippen molar-refractivity contribution in [1.29, 1.82) is 0 Å². The summed E-state index contributed by atoms with van der Waals surface area (Å²) in [6, 6.07) is 15.4. The number of carbonyl (C=O) groups excluding carboxylic acids is 2. The van der Waals surface area contributed by atoms with E-state index in [2.05, 4.69) is 11.4 Å². The Balaban J connectivity index is 1.68. The highest BCUT2D eigenvalue weighted by Gasteiger charge is 2.41. The van der Waals surface area contributed by atoms with Gasteiger partial charge in [-0.1, -0.05) is 66.2 Å². The van der Waals surface area contributed by atoms with Crippen LogP contribution in [0.5, 0.6) is 0 Å². The smallest absolute Gasteiger partial charge is 0.338 e. The van der Waals surface area contributed by atoms with Gasteiger partial charge in [0.15, 0.2) is 5.17 Å². The van der Waals surface area contributed by atoms with Crippen LogP contribution in [-0.2, 0) is 14.3 Å². The second-order valence-electron chi connectivity index (χ2n) is 8.10. The highest BCUT2D eigenvalue weighted by atomic mass is 32.2. The number of amidine groups is 1. The molecule has 7 heteroatoms. The zero-order chi connectivity index (χ0) is 23.5. The van der Waals surface area contributed by atoms with E-state index in [0.29, 0.717) is 17.7 Å². The molecule has 2 aromatic rings. The number of aryl methyl sites for hydroxylation is 2. The number of nitrogens with zero attached hydrogens (tertiary/aromatic N) is 2. The first-order valence-corrected chi connectivity index (χ1v) is 11.8. The van der Waals surface area contributed by atoms with E-state index < -0.39 is 12.0 Å². The Morgan fingerprint density at radius 2 is 1.88 bits per heavy atom. The molecule has 0 bridgehead atoms. The molecular formula is C26H27N3O3S. The Bertz CT molecular complexity index is 1180. The van der Waals surface area contributed by atoms with Crippen molar-refractivity contribution in [2.45, 2.75) is 39.7 Å². The Labute approximate surface area is 198 Å². The van der Waals surface area contributed by atoms with E-state index in [4.69, 9.17) is 9.73 Å². The van der Waals surface area contributed by atoms with Crippen LogP contribution in [0.2, 0.25) is 0 Å². The quantitative estimate of drug-likeness (QED) is 0.578. The number of allylic oxidation sites excluding steroid dienone is 1. The van der Waals surface area contributed by atoms with Gasteiger partial charge in [-0.25, -0.2) is 9.79 Å². The molecule has 0 unspecified atom stereocenters. The number of thioether (sulfide) groups is 1. The van der Waals surface area contributed by atoms with Crippen LogP contribution in [0.1, 0.15) is 42.5 Å². The first kappa shape index (κ1) is 22.9. The lowest BCUT2D eigenvalue weighted by molar-refractivity contribution is -0.136. The standard InChI is InChI=1S/C26H27N3O3S/c1-5-21-23(25(31)32-4)24(18-8-6-7-17(3)13-18)29-20(15-33-26(29)28-21)14-22(30)27-19-11-9-16(2)10-12-19/h6-13,15,24H,5,14H2,1-4H3,(H,27,30)/t24-/m0/s1. The number of benzene rings is 2. The number of esters is 1. The normalized spacial score (nSPS) is 17.3. The summed E-state index contributed by atoms with van der Waals surface area (Å²) in [4.78, 5) is 32.6. The second-order valence-corrected chi connectivity index (χ2v) is 8.94. The summed E-state index contributed by atoms with van der Waals surface area (Å²) in [7, 11) is 1.39. The Kier molecular flexibility index (Phi) is 6.70. The van der Waals surface area contributed by atoms with Gasteiger partial charge >= 0.3 is 5.97 Å². The third-order valence-corrected chi connectivity index (χ3v) is 6.55. The summed E-state index contributed by atoms with van der Waals surface area (Å²) in [5.74, 6) is -0.527. The lowest BCUT2D eigenvalue weighted by Gasteiger charge is -2.36. The minimum absolute atomic E-state index is 0.125. The fraction of sp³-hybridized carbons (Fsp3) is 0.269. The minimum atomic E-state index is -0.409. The number of rotatable bonds is 6. The molecule has 0 aliphatic carbocycles. The molecule has 2 aliphatic heterocycles. The molecule has 2 aromatic carbocycles. The Morgan fingerprint density at radius 1 is 1.12 bits per heavy atom. The van der Waals surface area contributed by atoms with Crippen LogP contribution < -0.4 is 5.32 Å². The molecule has 2 aliphatic rings. The van der Waals surface area contributed by atoms with Crippen molar-refractivity contribution in [3.8, 4) is 0 Å². The highest BCUT2D eigenvalue weighted by molar-refractivity contribution is 8.16. The molecule has 2 heterocycles. The predicted molar refractivity (Wildman–Crippen MR) is 133 cm³/mol. The third kappa shape index (κ3) is 4.73. The van der Waals surface area contributed by atoms with E-state index in [0.717, 1.165) is 33.2 Å². The summed E-state index contributed by atoms with van der Waals surface area (Å²) in [6.07, 6.45) is 0.770. The van der Waals surface area contributed by atoms with Gasteiger partial charge in [-0.2, -0.15) is 0 Å². The van der Waals surface area contributed by atoms with Crippen LogP contribution in [0.25, 0.3) is 0 Å². The number of carbonyl (C=O) groups is 2. The molecule has 33 heavy (non-hydrogen) atoms. The van der Waals surface area contributed by atoms with Crippen LogP contribution in [0.15, 0.2) is 75.9 Å². The van der Waals surface area contributed by atoms with Gasteiger partial charge in [-0.05, 0) is 43.4 Å². The predicted octanol–water partition coefficient (Wildman–Crippen LogP) is 5.47. The minimum Gasteiger partial charge on any atom is -0.466 e. The summed E-state index contributed by atoms with van der Waals surface area (Å²) < 4.78 is 5.16. The lowest BCUT2D eigenvalue weighted by Crippen LogP contribution is -2.37. The van der Waals surface area contributed by atoms with Crippen LogP contribution in [-0.4, -0.2) is 29.1 Å². The summed E-state index contributed by atoms with van der Waals surface area (Å²) >= 11 is 1.48. The number of hydrogen-bond acceptors (Lipinski definition) is 6. The maximum Gasteiger partial charge on any atom is 0.338 e. The second kappa shape index (κ2) is 9.67. The summed E-state index contributed by atoms with van der Waals surface area (Å²) in [5.41, 5.74) is 5.96. The number of hydrogen-bond donors (Lipinski definition) is 1. The van der Waals surface area contributed by atoms with Crippen LogP contribution >= 0.6 is 11.8 Å². The van der Waals surface area contributed by atoms with Gasteiger partial charge in [-0.3, -0.25) is 4.79 Å². The molecule has 1 amide bonds. The molecule has 170 valence electrons. The van der Waals surface area contributed by atoms with E-state index in [1.165, 1.54) is 18.9 Å². The van der Waals surface area contributed by atoms with Gasteiger partial charge in [0.25, 0.3) is 0 Å². The topological polar surface area (TPSA) is 71.0 Å². The molecule has 1 atom stereocenters. The van der Waals surface area contributed by atoms with Gasteiger partial charge in [-0.15, -0.1) is 0 Å². The molecule has 4 rings (SSSR count). The first-order chi connectivity index (χ1) is 15.9. The first-order valence-electron chi connectivity index (χ1n) is 10.9. The van der Waals surface area contributed by atoms with Crippen molar-refractivity contribution >= 4 is 34.5 Å². The summed E-state index contributed by atoms with van der Waals surface area (Å²) in [5, 5.41) is 5.68. The molecule has 0 saturated heterocycles. The van der Waals surface area contributed by atoms with Crippen molar-refractivity contribution < 1.29 is 14.3 Å². The van der Waals surface area contributed by atoms with Gasteiger partial charge < -0.3 is 15.0 Å². The van der Waals surface area contributed by atoms with Crippen molar-refractivity contribution in [3.05, 3.63) is 87.6 Å². The van der Waals surface area contributed by atoms with Crippen molar-refractivity contribution in [2.24, 2.45) is 4.99 Å². The van der Waals surface area contributed by atoms with Gasteiger partial charge in [0.05, 0.1) is 30.8 Å². The van der Waals surface area contributed by atoms with Gasteiger partial charge in [0.1, 0.15) is 0 Å². The van der Waals surface area contributed by atoms with E-state index in [1.807, 2.05) is 73.5 Å². The van der Waals surface area contributed by atoms with E-state index in [1.54, 1.807) is 0 Å².